The lowest BCUT2D eigenvalue weighted by Gasteiger charge is -2.08. The number of thiophene rings is 2. The SMILES string of the molecule is Clc1cccc2c1sc1c(-c3ccc(-c4ccccc4)cc3)nc(-c3ccccc3)nc12.Clc1nc(-c2ccc(-c3ccccc3)cc2)c2sc3c(Cl)cccc3c2n1.OB(O)c1ccccc1. The van der Waals surface area contributed by atoms with Crippen LogP contribution < -0.4 is 5.46 Å². The Balaban J connectivity index is 0.000000136. The van der Waals surface area contributed by atoms with Gasteiger partial charge in [0.25, 0.3) is 0 Å². The van der Waals surface area contributed by atoms with Crippen LogP contribution in [-0.4, -0.2) is 37.1 Å². The predicted molar refractivity (Wildman–Crippen MR) is 288 cm³/mol. The Labute approximate surface area is 415 Å². The summed E-state index contributed by atoms with van der Waals surface area (Å²) in [6, 6.07) is 68.3. The summed E-state index contributed by atoms with van der Waals surface area (Å²) < 4.78 is 4.11. The second-order valence-corrected chi connectivity index (χ2v) is 18.8. The van der Waals surface area contributed by atoms with Crippen LogP contribution in [-0.2, 0) is 0 Å². The van der Waals surface area contributed by atoms with Gasteiger partial charge in [-0.1, -0.05) is 217 Å². The van der Waals surface area contributed by atoms with E-state index in [0.29, 0.717) is 5.46 Å². The van der Waals surface area contributed by atoms with Gasteiger partial charge in [-0.2, -0.15) is 0 Å². The van der Waals surface area contributed by atoms with E-state index in [9.17, 15) is 0 Å². The van der Waals surface area contributed by atoms with Crippen LogP contribution in [0.25, 0.3) is 96.8 Å². The molecule has 12 rings (SSSR count). The van der Waals surface area contributed by atoms with Crippen LogP contribution in [0, 0.1) is 0 Å². The summed E-state index contributed by atoms with van der Waals surface area (Å²) in [5.74, 6) is 0.722. The van der Waals surface area contributed by atoms with Gasteiger partial charge in [0.15, 0.2) is 5.82 Å². The van der Waals surface area contributed by atoms with Crippen LogP contribution in [0.1, 0.15) is 0 Å². The zero-order valence-electron chi connectivity index (χ0n) is 35.8. The van der Waals surface area contributed by atoms with Gasteiger partial charge in [-0.05, 0) is 51.5 Å². The summed E-state index contributed by atoms with van der Waals surface area (Å²) in [6.45, 7) is 0. The topological polar surface area (TPSA) is 92.0 Å². The van der Waals surface area contributed by atoms with E-state index in [1.807, 2.05) is 91.0 Å². The molecule has 68 heavy (non-hydrogen) atoms. The summed E-state index contributed by atoms with van der Waals surface area (Å²) in [5, 5.41) is 20.9. The Hall–Kier alpha value is -6.79. The van der Waals surface area contributed by atoms with Gasteiger partial charge in [-0.25, -0.2) is 19.9 Å². The standard InChI is InChI=1S/C28H17ClN2S.C22H12Cl2N2S.C6H7BO2/c29-23-13-7-12-22-25-27(32-26(22)23)24(30-28(31-25)21-10-5-2-6-11-21)20-16-14-19(15-17-20)18-8-3-1-4-9-18;23-17-8-4-7-16-19-21(27-20(16)17)18(25-22(24)26-19)15-11-9-14(10-12-15)13-5-2-1-3-6-13;8-7(9)6-4-2-1-3-5-6/h1-17H;1-12H;1-5,8-9H. The molecule has 328 valence electrons. The van der Waals surface area contributed by atoms with Crippen LogP contribution in [0.3, 0.4) is 0 Å². The lowest BCUT2D eigenvalue weighted by atomic mass is 9.81. The summed E-state index contributed by atoms with van der Waals surface area (Å²) in [7, 11) is -1.34. The molecule has 6 nitrogen and oxygen atoms in total. The summed E-state index contributed by atoms with van der Waals surface area (Å²) in [5.41, 5.74) is 11.9. The molecular weight excluding hydrogens is 942 g/mol. The molecule has 12 aromatic rings. The fraction of sp³-hybridized carbons (Fsp3) is 0. The molecule has 4 heterocycles. The third kappa shape index (κ3) is 9.52. The molecule has 0 atom stereocenters. The largest absolute Gasteiger partial charge is 0.488 e. The van der Waals surface area contributed by atoms with Crippen LogP contribution in [0.4, 0.5) is 0 Å². The van der Waals surface area contributed by atoms with Gasteiger partial charge < -0.3 is 10.0 Å². The summed E-state index contributed by atoms with van der Waals surface area (Å²) in [6.07, 6.45) is 0. The highest BCUT2D eigenvalue weighted by atomic mass is 35.5. The Morgan fingerprint density at radius 3 is 1.16 bits per heavy atom. The number of fused-ring (bicyclic) bond motifs is 6. The number of halogens is 3. The monoisotopic (exact) mass is 976 g/mol. The van der Waals surface area contributed by atoms with E-state index >= 15 is 0 Å². The maximum absolute atomic E-state index is 8.58. The highest BCUT2D eigenvalue weighted by molar-refractivity contribution is 7.27. The summed E-state index contributed by atoms with van der Waals surface area (Å²) in [4.78, 5) is 19.0. The number of benzene rings is 8. The lowest BCUT2D eigenvalue weighted by molar-refractivity contribution is 0.426. The molecule has 8 aromatic carbocycles. The van der Waals surface area contributed by atoms with Crippen molar-refractivity contribution in [3.05, 3.63) is 222 Å². The van der Waals surface area contributed by atoms with Gasteiger partial charge in [0.05, 0.1) is 51.3 Å². The number of rotatable bonds is 6. The number of nitrogens with zero attached hydrogens (tertiary/aromatic N) is 4. The van der Waals surface area contributed by atoms with Crippen molar-refractivity contribution in [2.75, 3.05) is 0 Å². The lowest BCUT2D eigenvalue weighted by Crippen LogP contribution is -2.29. The molecule has 0 amide bonds. The van der Waals surface area contributed by atoms with E-state index in [2.05, 4.69) is 101 Å². The van der Waals surface area contributed by atoms with Gasteiger partial charge >= 0.3 is 7.12 Å². The van der Waals surface area contributed by atoms with Gasteiger partial charge in [0, 0.05) is 27.5 Å². The first-order chi connectivity index (χ1) is 33.3. The molecule has 0 bridgehead atoms. The average Bonchev–Trinajstić information content (AvgIpc) is 3.97. The van der Waals surface area contributed by atoms with Crippen molar-refractivity contribution in [2.24, 2.45) is 0 Å². The molecule has 0 aliphatic heterocycles. The van der Waals surface area contributed by atoms with Crippen LogP contribution in [0.15, 0.2) is 206 Å². The molecule has 2 N–H and O–H groups in total. The fourth-order valence-electron chi connectivity index (χ4n) is 7.87. The third-order valence-electron chi connectivity index (χ3n) is 11.2. The highest BCUT2D eigenvalue weighted by Crippen LogP contribution is 2.43. The normalized spacial score (nSPS) is 11.0. The third-order valence-corrected chi connectivity index (χ3v) is 14.7. The molecule has 0 unspecified atom stereocenters. The highest BCUT2D eigenvalue weighted by Gasteiger charge is 2.19. The van der Waals surface area contributed by atoms with Crippen molar-refractivity contribution >= 4 is 111 Å². The number of hydrogen-bond donors (Lipinski definition) is 2. The van der Waals surface area contributed by atoms with Crippen LogP contribution >= 0.6 is 57.5 Å². The molecule has 4 aromatic heterocycles. The van der Waals surface area contributed by atoms with E-state index in [-0.39, 0.29) is 5.28 Å². The average molecular weight is 978 g/mol. The van der Waals surface area contributed by atoms with Gasteiger partial charge in [0.1, 0.15) is 0 Å². The van der Waals surface area contributed by atoms with E-state index in [4.69, 9.17) is 54.8 Å². The van der Waals surface area contributed by atoms with Crippen molar-refractivity contribution in [1.82, 2.24) is 19.9 Å². The Kier molecular flexibility index (Phi) is 13.4. The minimum Gasteiger partial charge on any atom is -0.423 e. The maximum atomic E-state index is 8.58. The Morgan fingerprint density at radius 2 is 0.721 bits per heavy atom. The quantitative estimate of drug-likeness (QED) is 0.127. The molecule has 0 fully saturated rings. The molecule has 0 radical (unpaired) electrons. The van der Waals surface area contributed by atoms with Crippen molar-refractivity contribution in [1.29, 1.82) is 0 Å². The molecule has 0 saturated heterocycles. The van der Waals surface area contributed by atoms with Crippen LogP contribution in [0.5, 0.6) is 0 Å². The van der Waals surface area contributed by atoms with Crippen molar-refractivity contribution in [3.63, 3.8) is 0 Å². The number of hydrogen-bond acceptors (Lipinski definition) is 8. The van der Waals surface area contributed by atoms with Crippen molar-refractivity contribution < 1.29 is 10.0 Å². The maximum Gasteiger partial charge on any atom is 0.488 e. The summed E-state index contributed by atoms with van der Waals surface area (Å²) >= 11 is 22.4. The number of aromatic nitrogens is 4. The van der Waals surface area contributed by atoms with Gasteiger partial charge in [-0.3, -0.25) is 0 Å². The van der Waals surface area contributed by atoms with Crippen LogP contribution in [0.2, 0.25) is 15.3 Å². The zero-order chi connectivity index (χ0) is 46.6. The Morgan fingerprint density at radius 1 is 0.338 bits per heavy atom. The van der Waals surface area contributed by atoms with E-state index < -0.39 is 7.12 Å². The molecule has 0 spiro atoms. The second-order valence-electron chi connectivity index (χ2n) is 15.6. The minimum absolute atomic E-state index is 0.240. The Bertz CT molecular complexity index is 3680. The molecule has 0 saturated carbocycles. The van der Waals surface area contributed by atoms with E-state index in [1.165, 1.54) is 16.7 Å². The first-order valence-electron chi connectivity index (χ1n) is 21.5. The smallest absolute Gasteiger partial charge is 0.423 e. The van der Waals surface area contributed by atoms with Gasteiger partial charge in [0.2, 0.25) is 5.28 Å². The van der Waals surface area contributed by atoms with E-state index in [0.717, 1.165) is 90.1 Å². The minimum atomic E-state index is -1.34. The van der Waals surface area contributed by atoms with Crippen molar-refractivity contribution in [2.45, 2.75) is 0 Å². The van der Waals surface area contributed by atoms with E-state index in [1.54, 1.807) is 46.9 Å². The molecular formula is C56H36BCl3N4O2S2. The first kappa shape index (κ1) is 45.0. The molecule has 12 heteroatoms. The van der Waals surface area contributed by atoms with Gasteiger partial charge in [-0.15, -0.1) is 22.7 Å². The zero-order valence-corrected chi connectivity index (χ0v) is 39.7. The predicted octanol–water partition coefficient (Wildman–Crippen LogP) is 15.4. The molecule has 0 aliphatic rings. The fourth-order valence-corrected chi connectivity index (χ4v) is 10.9. The van der Waals surface area contributed by atoms with Crippen molar-refractivity contribution in [3.8, 4) is 56.2 Å². The second kappa shape index (κ2) is 20.2. The first-order valence-corrected chi connectivity index (χ1v) is 24.3. The molecule has 0 aliphatic carbocycles.